The molecule has 2 bridgehead atoms. The number of hydrogen-bond acceptors (Lipinski definition) is 3. The van der Waals surface area contributed by atoms with Gasteiger partial charge in [0.05, 0.1) is 5.37 Å². The lowest BCUT2D eigenvalue weighted by Crippen LogP contribution is -2.57. The lowest BCUT2D eigenvalue weighted by molar-refractivity contribution is -0.140. The van der Waals surface area contributed by atoms with Crippen molar-refractivity contribution in [3.8, 4) is 0 Å². The lowest BCUT2D eigenvalue weighted by Gasteiger charge is -2.32. The van der Waals surface area contributed by atoms with Gasteiger partial charge in [-0.15, -0.1) is 11.8 Å². The summed E-state index contributed by atoms with van der Waals surface area (Å²) in [7, 11) is 0. The largest absolute Gasteiger partial charge is 0.351 e. The summed E-state index contributed by atoms with van der Waals surface area (Å²) in [5, 5.41) is 2.95. The van der Waals surface area contributed by atoms with Crippen molar-refractivity contribution in [1.82, 2.24) is 10.2 Å². The van der Waals surface area contributed by atoms with Crippen molar-refractivity contribution < 1.29 is 9.59 Å². The van der Waals surface area contributed by atoms with Crippen LogP contribution in [0.25, 0.3) is 0 Å². The Labute approximate surface area is 74.7 Å². The molecule has 5 heteroatoms. The van der Waals surface area contributed by atoms with Gasteiger partial charge in [-0.2, -0.15) is 0 Å². The minimum Gasteiger partial charge on any atom is -0.351 e. The number of fused-ring (bicyclic) bond motifs is 2. The molecule has 4 nitrogen and oxygen atoms in total. The van der Waals surface area contributed by atoms with Crippen molar-refractivity contribution in [2.45, 2.75) is 18.3 Å². The highest BCUT2D eigenvalue weighted by atomic mass is 32.2. The minimum atomic E-state index is -0.216. The Morgan fingerprint density at radius 1 is 1.75 bits per heavy atom. The number of nitrogens with one attached hydrogen (secondary N) is 1. The van der Waals surface area contributed by atoms with Crippen molar-refractivity contribution in [3.05, 3.63) is 0 Å². The molecular weight excluding hydrogens is 176 g/mol. The summed E-state index contributed by atoms with van der Waals surface area (Å²) in [6.45, 7) is 2.12. The number of hydrogen-bond donors (Lipinski definition) is 1. The molecule has 0 aliphatic carbocycles. The Balaban J connectivity index is 2.24. The van der Waals surface area contributed by atoms with Gasteiger partial charge in [0.1, 0.15) is 6.04 Å². The Hall–Kier alpha value is -0.710. The predicted octanol–water partition coefficient (Wildman–Crippen LogP) is -0.594. The number of carbonyl (C=O) groups excluding carboxylic acids is 2. The van der Waals surface area contributed by atoms with E-state index in [9.17, 15) is 9.59 Å². The fourth-order valence-corrected chi connectivity index (χ4v) is 3.02. The predicted molar refractivity (Wildman–Crippen MR) is 45.6 cm³/mol. The normalized spacial score (nSPS) is 33.4. The van der Waals surface area contributed by atoms with E-state index in [1.807, 2.05) is 0 Å². The van der Waals surface area contributed by atoms with E-state index in [1.165, 1.54) is 6.92 Å². The molecule has 1 N–H and O–H groups in total. The summed E-state index contributed by atoms with van der Waals surface area (Å²) < 4.78 is 0. The molecule has 2 atom stereocenters. The van der Waals surface area contributed by atoms with Crippen LogP contribution in [-0.2, 0) is 9.59 Å². The van der Waals surface area contributed by atoms with Gasteiger partial charge in [-0.1, -0.05) is 0 Å². The molecule has 2 aliphatic rings. The Morgan fingerprint density at radius 2 is 2.50 bits per heavy atom. The Bertz CT molecular complexity index is 244. The minimum absolute atomic E-state index is 0.00449. The highest BCUT2D eigenvalue weighted by Gasteiger charge is 2.43. The van der Waals surface area contributed by atoms with E-state index >= 15 is 0 Å². The lowest BCUT2D eigenvalue weighted by atomic mass is 10.2. The third kappa shape index (κ3) is 0.998. The number of rotatable bonds is 0. The molecule has 0 spiro atoms. The molecule has 0 aromatic carbocycles. The van der Waals surface area contributed by atoms with Gasteiger partial charge in [0, 0.05) is 19.2 Å². The van der Waals surface area contributed by atoms with Crippen molar-refractivity contribution in [3.63, 3.8) is 0 Å². The number of amides is 2. The fourth-order valence-electron chi connectivity index (χ4n) is 1.65. The molecule has 0 radical (unpaired) electrons. The van der Waals surface area contributed by atoms with Crippen LogP contribution in [0.15, 0.2) is 0 Å². The van der Waals surface area contributed by atoms with E-state index in [4.69, 9.17) is 0 Å². The summed E-state index contributed by atoms with van der Waals surface area (Å²) in [5.41, 5.74) is 0. The van der Waals surface area contributed by atoms with Crippen LogP contribution >= 0.6 is 11.8 Å². The van der Waals surface area contributed by atoms with E-state index in [0.29, 0.717) is 6.54 Å². The number of thioether (sulfide) groups is 1. The molecule has 66 valence electrons. The molecular formula is C7H10N2O2S. The van der Waals surface area contributed by atoms with Crippen molar-refractivity contribution >= 4 is 23.6 Å². The molecule has 2 heterocycles. The van der Waals surface area contributed by atoms with Crippen LogP contribution in [0.1, 0.15) is 6.92 Å². The van der Waals surface area contributed by atoms with Crippen LogP contribution in [0.4, 0.5) is 0 Å². The molecule has 12 heavy (non-hydrogen) atoms. The topological polar surface area (TPSA) is 49.4 Å². The third-order valence-electron chi connectivity index (χ3n) is 2.21. The Kier molecular flexibility index (Phi) is 1.75. The maximum absolute atomic E-state index is 11.2. The highest BCUT2D eigenvalue weighted by Crippen LogP contribution is 2.31. The number of piperazine rings is 1. The summed E-state index contributed by atoms with van der Waals surface area (Å²) in [6, 6.07) is -0.216. The number of carbonyl (C=O) groups is 2. The molecule has 2 rings (SSSR count). The first-order chi connectivity index (χ1) is 5.70. The maximum atomic E-state index is 11.2. The van der Waals surface area contributed by atoms with Gasteiger partial charge in [0.2, 0.25) is 11.8 Å². The summed E-state index contributed by atoms with van der Waals surface area (Å²) in [6.07, 6.45) is 0. The van der Waals surface area contributed by atoms with Crippen LogP contribution in [0, 0.1) is 0 Å². The zero-order chi connectivity index (χ0) is 8.72. The first-order valence-electron chi connectivity index (χ1n) is 3.88. The van der Waals surface area contributed by atoms with Crippen molar-refractivity contribution in [1.29, 1.82) is 0 Å². The maximum Gasteiger partial charge on any atom is 0.243 e. The fraction of sp³-hybridized carbons (Fsp3) is 0.714. The molecule has 0 aromatic rings. The van der Waals surface area contributed by atoms with Gasteiger partial charge < -0.3 is 10.2 Å². The second-order valence-electron chi connectivity index (χ2n) is 2.98. The molecule has 2 saturated heterocycles. The molecule has 2 amide bonds. The quantitative estimate of drug-likeness (QED) is 0.550. The first-order valence-corrected chi connectivity index (χ1v) is 4.93. The molecule has 2 aliphatic heterocycles. The van der Waals surface area contributed by atoms with Crippen LogP contribution in [-0.4, -0.2) is 40.4 Å². The van der Waals surface area contributed by atoms with Gasteiger partial charge in [-0.05, 0) is 0 Å². The second kappa shape index (κ2) is 2.65. The van der Waals surface area contributed by atoms with Crippen molar-refractivity contribution in [2.75, 3.05) is 12.3 Å². The van der Waals surface area contributed by atoms with Gasteiger partial charge in [0.15, 0.2) is 0 Å². The van der Waals surface area contributed by atoms with E-state index in [0.717, 1.165) is 5.75 Å². The van der Waals surface area contributed by atoms with Crippen LogP contribution < -0.4 is 5.32 Å². The standard InChI is InChI=1S/C7H10N2O2S/c1-4(10)9-5-3-12-6(9)2-8-7(5)11/h5-6H,2-3H2,1H3,(H,8,11). The summed E-state index contributed by atoms with van der Waals surface area (Å²) >= 11 is 1.67. The summed E-state index contributed by atoms with van der Waals surface area (Å²) in [5.74, 6) is 0.743. The molecule has 2 unspecified atom stereocenters. The summed E-state index contributed by atoms with van der Waals surface area (Å²) in [4.78, 5) is 24.1. The van der Waals surface area contributed by atoms with Crippen LogP contribution in [0.5, 0.6) is 0 Å². The number of nitrogens with zero attached hydrogens (tertiary/aromatic N) is 1. The SMILES string of the molecule is CC(=O)N1C2CNC(=O)C1CS2. The first kappa shape index (κ1) is 7.91. The Morgan fingerprint density at radius 3 is 3.08 bits per heavy atom. The van der Waals surface area contributed by atoms with E-state index in [2.05, 4.69) is 5.32 Å². The van der Waals surface area contributed by atoms with Gasteiger partial charge >= 0.3 is 0 Å². The van der Waals surface area contributed by atoms with Crippen LogP contribution in [0.2, 0.25) is 0 Å². The molecule has 0 aromatic heterocycles. The second-order valence-corrected chi connectivity index (χ2v) is 4.19. The van der Waals surface area contributed by atoms with Gasteiger partial charge in [-0.25, -0.2) is 0 Å². The average Bonchev–Trinajstić information content (AvgIpc) is 2.35. The zero-order valence-electron chi connectivity index (χ0n) is 6.74. The van der Waals surface area contributed by atoms with Gasteiger partial charge in [-0.3, -0.25) is 9.59 Å². The van der Waals surface area contributed by atoms with Crippen molar-refractivity contribution in [2.24, 2.45) is 0 Å². The smallest absolute Gasteiger partial charge is 0.243 e. The average molecular weight is 186 g/mol. The third-order valence-corrected chi connectivity index (χ3v) is 3.50. The van der Waals surface area contributed by atoms with E-state index in [-0.39, 0.29) is 23.2 Å². The van der Waals surface area contributed by atoms with E-state index < -0.39 is 0 Å². The monoisotopic (exact) mass is 186 g/mol. The van der Waals surface area contributed by atoms with E-state index in [1.54, 1.807) is 16.7 Å². The zero-order valence-corrected chi connectivity index (χ0v) is 7.56. The molecule has 0 saturated carbocycles. The molecule has 2 fully saturated rings. The highest BCUT2D eigenvalue weighted by molar-refractivity contribution is 8.00. The van der Waals surface area contributed by atoms with Gasteiger partial charge in [0.25, 0.3) is 0 Å². The van der Waals surface area contributed by atoms with Crippen LogP contribution in [0.3, 0.4) is 0 Å².